The van der Waals surface area contributed by atoms with Gasteiger partial charge in [-0.05, 0) is 0 Å². The smallest absolute Gasteiger partial charge is 0.382 e. The second-order valence-corrected chi connectivity index (χ2v) is 3.02. The molecule has 1 unspecified atom stereocenters. The van der Waals surface area contributed by atoms with Crippen molar-refractivity contribution in [1.29, 1.82) is 0 Å². The van der Waals surface area contributed by atoms with Crippen LogP contribution >= 0.6 is 0 Å². The van der Waals surface area contributed by atoms with Gasteiger partial charge >= 0.3 is 6.18 Å². The minimum Gasteiger partial charge on any atom is -0.382 e. The highest BCUT2D eigenvalue weighted by Gasteiger charge is 2.38. The Hall–Kier alpha value is -0.370. The monoisotopic (exact) mass is 214 g/mol. The fourth-order valence-corrected chi connectivity index (χ4v) is 1.05. The van der Waals surface area contributed by atoms with Gasteiger partial charge in [0.15, 0.2) is 6.10 Å². The number of halogens is 3. The maximum atomic E-state index is 11.9. The molecule has 4 nitrogen and oxygen atoms in total. The second kappa shape index (κ2) is 4.92. The van der Waals surface area contributed by atoms with Gasteiger partial charge < -0.3 is 9.84 Å². The molecule has 7 heteroatoms. The van der Waals surface area contributed by atoms with Gasteiger partial charge in [-0.25, -0.2) is 5.01 Å². The number of aliphatic hydroxyl groups excluding tert-OH is 1. The summed E-state index contributed by atoms with van der Waals surface area (Å²) in [6.45, 7) is 1.54. The first kappa shape index (κ1) is 11.7. The number of hydrogen-bond acceptors (Lipinski definition) is 4. The van der Waals surface area contributed by atoms with Crippen molar-refractivity contribution in [2.45, 2.75) is 12.3 Å². The predicted octanol–water partition coefficient (Wildman–Crippen LogP) is -0.254. The number of hydrogen-bond donors (Lipinski definition) is 2. The number of alkyl halides is 3. The van der Waals surface area contributed by atoms with Gasteiger partial charge in [-0.15, -0.1) is 0 Å². The number of hydrazine groups is 1. The van der Waals surface area contributed by atoms with Crippen molar-refractivity contribution in [2.75, 3.05) is 32.8 Å². The Kier molecular flexibility index (Phi) is 4.11. The molecule has 84 valence electrons. The maximum absolute atomic E-state index is 11.9. The number of rotatable bonds is 3. The van der Waals surface area contributed by atoms with Crippen LogP contribution in [0.25, 0.3) is 0 Å². The van der Waals surface area contributed by atoms with Crippen LogP contribution in [0.3, 0.4) is 0 Å². The van der Waals surface area contributed by atoms with Crippen LogP contribution in [0.2, 0.25) is 0 Å². The van der Waals surface area contributed by atoms with E-state index in [0.29, 0.717) is 26.3 Å². The third-order valence-electron chi connectivity index (χ3n) is 1.90. The molecule has 1 atom stereocenters. The summed E-state index contributed by atoms with van der Waals surface area (Å²) in [4.78, 5) is 0. The predicted molar refractivity (Wildman–Crippen MR) is 42.5 cm³/mol. The van der Waals surface area contributed by atoms with E-state index in [9.17, 15) is 13.2 Å². The van der Waals surface area contributed by atoms with Gasteiger partial charge in [0, 0.05) is 19.6 Å². The number of morpholine rings is 1. The Labute approximate surface area is 79.6 Å². The van der Waals surface area contributed by atoms with Gasteiger partial charge in [-0.2, -0.15) is 13.2 Å². The highest BCUT2D eigenvalue weighted by Crippen LogP contribution is 2.19. The average molecular weight is 214 g/mol. The molecular formula is C7H13F3N2O2. The van der Waals surface area contributed by atoms with E-state index in [1.165, 1.54) is 0 Å². The van der Waals surface area contributed by atoms with Crippen LogP contribution < -0.4 is 5.43 Å². The number of ether oxygens (including phenoxy) is 1. The summed E-state index contributed by atoms with van der Waals surface area (Å²) < 4.78 is 40.6. The van der Waals surface area contributed by atoms with Gasteiger partial charge in [0.05, 0.1) is 13.2 Å². The molecule has 1 rings (SSSR count). The Bertz CT molecular complexity index is 171. The van der Waals surface area contributed by atoms with E-state index in [1.807, 2.05) is 0 Å². The normalized spacial score (nSPS) is 22.3. The molecule has 0 saturated carbocycles. The highest BCUT2D eigenvalue weighted by molar-refractivity contribution is 4.68. The second-order valence-electron chi connectivity index (χ2n) is 3.02. The van der Waals surface area contributed by atoms with Crippen LogP contribution in [-0.4, -0.2) is 55.2 Å². The number of nitrogens with one attached hydrogen (secondary N) is 1. The molecule has 1 saturated heterocycles. The van der Waals surface area contributed by atoms with E-state index < -0.39 is 18.8 Å². The summed E-state index contributed by atoms with van der Waals surface area (Å²) in [5.41, 5.74) is 2.51. The SMILES string of the molecule is OC(CNN1CCOCC1)C(F)(F)F. The Morgan fingerprint density at radius 2 is 1.93 bits per heavy atom. The molecule has 2 N–H and O–H groups in total. The quantitative estimate of drug-likeness (QED) is 0.679. The van der Waals surface area contributed by atoms with E-state index in [-0.39, 0.29) is 0 Å². The van der Waals surface area contributed by atoms with Gasteiger partial charge in [0.1, 0.15) is 0 Å². The van der Waals surface area contributed by atoms with Crippen molar-refractivity contribution in [3.05, 3.63) is 0 Å². The molecule has 0 aromatic rings. The van der Waals surface area contributed by atoms with Gasteiger partial charge in [0.2, 0.25) is 0 Å². The van der Waals surface area contributed by atoms with E-state index >= 15 is 0 Å². The lowest BCUT2D eigenvalue weighted by atomic mass is 10.3. The molecule has 0 radical (unpaired) electrons. The Balaban J connectivity index is 2.19. The minimum atomic E-state index is -4.56. The fourth-order valence-electron chi connectivity index (χ4n) is 1.05. The molecule has 0 bridgehead atoms. The molecule has 0 aliphatic carbocycles. The third-order valence-corrected chi connectivity index (χ3v) is 1.90. The third kappa shape index (κ3) is 3.79. The maximum Gasteiger partial charge on any atom is 0.415 e. The minimum absolute atomic E-state index is 0.495. The zero-order chi connectivity index (χ0) is 10.6. The first-order valence-corrected chi connectivity index (χ1v) is 4.31. The lowest BCUT2D eigenvalue weighted by molar-refractivity contribution is -0.204. The first-order valence-electron chi connectivity index (χ1n) is 4.31. The molecular weight excluding hydrogens is 201 g/mol. The van der Waals surface area contributed by atoms with E-state index in [2.05, 4.69) is 5.43 Å². The summed E-state index contributed by atoms with van der Waals surface area (Å²) in [6, 6.07) is 0. The fraction of sp³-hybridized carbons (Fsp3) is 1.00. The molecule has 0 amide bonds. The molecule has 1 heterocycles. The van der Waals surface area contributed by atoms with Crippen LogP contribution in [0.5, 0.6) is 0 Å². The molecule has 1 fully saturated rings. The van der Waals surface area contributed by atoms with Gasteiger partial charge in [-0.1, -0.05) is 0 Å². The Morgan fingerprint density at radius 3 is 2.43 bits per heavy atom. The first-order chi connectivity index (χ1) is 6.50. The summed E-state index contributed by atoms with van der Waals surface area (Å²) >= 11 is 0. The molecule has 14 heavy (non-hydrogen) atoms. The van der Waals surface area contributed by atoms with Gasteiger partial charge in [-0.3, -0.25) is 5.43 Å². The summed E-state index contributed by atoms with van der Waals surface area (Å²) in [6.07, 6.45) is -6.87. The lowest BCUT2D eigenvalue weighted by Crippen LogP contribution is -2.50. The van der Waals surface area contributed by atoms with Crippen molar-refractivity contribution < 1.29 is 23.0 Å². The van der Waals surface area contributed by atoms with Gasteiger partial charge in [0.25, 0.3) is 0 Å². The molecule has 0 aromatic carbocycles. The zero-order valence-electron chi connectivity index (χ0n) is 7.55. The van der Waals surface area contributed by atoms with E-state index in [1.54, 1.807) is 5.01 Å². The largest absolute Gasteiger partial charge is 0.415 e. The topological polar surface area (TPSA) is 44.7 Å². The standard InChI is InChI=1S/C7H13F3N2O2/c8-7(9,10)6(13)5-11-12-1-3-14-4-2-12/h6,11,13H,1-5H2. The molecule has 1 aliphatic heterocycles. The molecule has 1 aliphatic rings. The van der Waals surface area contributed by atoms with Crippen LogP contribution in [0, 0.1) is 0 Å². The summed E-state index contributed by atoms with van der Waals surface area (Å²) in [5, 5.41) is 10.3. The Morgan fingerprint density at radius 1 is 1.36 bits per heavy atom. The number of aliphatic hydroxyl groups is 1. The van der Waals surface area contributed by atoms with Crippen molar-refractivity contribution >= 4 is 0 Å². The zero-order valence-corrected chi connectivity index (χ0v) is 7.55. The van der Waals surface area contributed by atoms with Crippen molar-refractivity contribution in [3.8, 4) is 0 Å². The van der Waals surface area contributed by atoms with Crippen molar-refractivity contribution in [2.24, 2.45) is 0 Å². The van der Waals surface area contributed by atoms with Crippen molar-refractivity contribution in [3.63, 3.8) is 0 Å². The van der Waals surface area contributed by atoms with Crippen LogP contribution in [-0.2, 0) is 4.74 Å². The van der Waals surface area contributed by atoms with E-state index in [0.717, 1.165) is 0 Å². The van der Waals surface area contributed by atoms with E-state index in [4.69, 9.17) is 9.84 Å². The van der Waals surface area contributed by atoms with Crippen LogP contribution in [0.4, 0.5) is 13.2 Å². The lowest BCUT2D eigenvalue weighted by Gasteiger charge is -2.28. The van der Waals surface area contributed by atoms with Crippen molar-refractivity contribution in [1.82, 2.24) is 10.4 Å². The highest BCUT2D eigenvalue weighted by atomic mass is 19.4. The molecule has 0 spiro atoms. The average Bonchev–Trinajstić information content (AvgIpc) is 2.14. The van der Waals surface area contributed by atoms with Crippen LogP contribution in [0.1, 0.15) is 0 Å². The molecule has 0 aromatic heterocycles. The van der Waals surface area contributed by atoms with Crippen LogP contribution in [0.15, 0.2) is 0 Å². The summed E-state index contributed by atoms with van der Waals surface area (Å²) in [7, 11) is 0. The number of nitrogens with zero attached hydrogens (tertiary/aromatic N) is 1. The summed E-state index contributed by atoms with van der Waals surface area (Å²) in [5.74, 6) is 0.